The molecule has 1 saturated heterocycles. The Hall–Kier alpha value is -1.13. The number of aromatic nitrogens is 1. The molecular formula is C13H20N2O2. The minimum atomic E-state index is -0.0881. The average Bonchev–Trinajstić information content (AvgIpc) is 2.39. The summed E-state index contributed by atoms with van der Waals surface area (Å²) in [4.78, 5) is 6.60. The summed E-state index contributed by atoms with van der Waals surface area (Å²) in [6, 6.07) is 3.78. The Labute approximate surface area is 102 Å². The van der Waals surface area contributed by atoms with Gasteiger partial charge in [0.25, 0.3) is 0 Å². The van der Waals surface area contributed by atoms with Gasteiger partial charge in [0, 0.05) is 26.4 Å². The zero-order valence-electron chi connectivity index (χ0n) is 10.5. The van der Waals surface area contributed by atoms with E-state index in [0.29, 0.717) is 0 Å². The highest BCUT2D eigenvalue weighted by molar-refractivity contribution is 5.42. The number of piperidine rings is 1. The van der Waals surface area contributed by atoms with Gasteiger partial charge < -0.3 is 14.7 Å². The summed E-state index contributed by atoms with van der Waals surface area (Å²) in [5, 5.41) is 9.14. The van der Waals surface area contributed by atoms with Gasteiger partial charge in [0.2, 0.25) is 0 Å². The quantitative estimate of drug-likeness (QED) is 0.865. The largest absolute Gasteiger partial charge is 0.392 e. The van der Waals surface area contributed by atoms with Crippen molar-refractivity contribution in [3.8, 4) is 0 Å². The molecule has 17 heavy (non-hydrogen) atoms. The highest BCUT2D eigenvalue weighted by Gasteiger charge is 2.31. The van der Waals surface area contributed by atoms with Crippen molar-refractivity contribution in [3.63, 3.8) is 0 Å². The van der Waals surface area contributed by atoms with E-state index in [1.54, 1.807) is 13.3 Å². The number of aliphatic hydroxyl groups excluding tert-OH is 1. The van der Waals surface area contributed by atoms with Crippen molar-refractivity contribution in [2.75, 3.05) is 25.1 Å². The van der Waals surface area contributed by atoms with E-state index in [-0.39, 0.29) is 12.2 Å². The number of ether oxygens (including phenoxy) is 1. The van der Waals surface area contributed by atoms with Gasteiger partial charge in [-0.2, -0.15) is 0 Å². The highest BCUT2D eigenvalue weighted by Crippen LogP contribution is 2.27. The van der Waals surface area contributed by atoms with Crippen LogP contribution in [0, 0.1) is 0 Å². The molecule has 0 aromatic carbocycles. The zero-order chi connectivity index (χ0) is 12.3. The molecule has 0 radical (unpaired) electrons. The van der Waals surface area contributed by atoms with Crippen molar-refractivity contribution in [1.29, 1.82) is 0 Å². The molecule has 1 unspecified atom stereocenters. The second-order valence-corrected chi connectivity index (χ2v) is 4.86. The predicted octanol–water partition coefficient (Wildman–Crippen LogP) is 1.58. The van der Waals surface area contributed by atoms with Crippen LogP contribution < -0.4 is 4.90 Å². The van der Waals surface area contributed by atoms with Crippen LogP contribution in [0.15, 0.2) is 18.3 Å². The van der Waals surface area contributed by atoms with E-state index in [4.69, 9.17) is 9.84 Å². The molecule has 2 heterocycles. The van der Waals surface area contributed by atoms with Gasteiger partial charge >= 0.3 is 0 Å². The fourth-order valence-electron chi connectivity index (χ4n) is 2.30. The van der Waals surface area contributed by atoms with E-state index in [0.717, 1.165) is 37.3 Å². The van der Waals surface area contributed by atoms with Gasteiger partial charge in [-0.05, 0) is 37.5 Å². The molecule has 0 aliphatic carbocycles. The lowest BCUT2D eigenvalue weighted by Crippen LogP contribution is -2.47. The Kier molecular flexibility index (Phi) is 3.64. The van der Waals surface area contributed by atoms with Crippen LogP contribution in [0.3, 0.4) is 0 Å². The Morgan fingerprint density at radius 2 is 2.41 bits per heavy atom. The molecule has 2 rings (SSSR count). The minimum Gasteiger partial charge on any atom is -0.392 e. The van der Waals surface area contributed by atoms with E-state index in [2.05, 4.69) is 16.8 Å². The number of pyridine rings is 1. The van der Waals surface area contributed by atoms with E-state index < -0.39 is 0 Å². The standard InChI is InChI=1S/C13H20N2O2/c1-13(17-2)5-3-7-15(10-13)12-8-11(9-16)4-6-14-12/h4,6,8,16H,3,5,7,9-10H2,1-2H3. The molecule has 4 nitrogen and oxygen atoms in total. The third-order valence-corrected chi connectivity index (χ3v) is 3.47. The van der Waals surface area contributed by atoms with Crippen molar-refractivity contribution < 1.29 is 9.84 Å². The Bertz CT molecular complexity index is 383. The second-order valence-electron chi connectivity index (χ2n) is 4.86. The van der Waals surface area contributed by atoms with E-state index in [9.17, 15) is 0 Å². The Balaban J connectivity index is 2.16. The van der Waals surface area contributed by atoms with Crippen LogP contribution >= 0.6 is 0 Å². The maximum Gasteiger partial charge on any atom is 0.128 e. The molecule has 0 saturated carbocycles. The molecule has 0 bridgehead atoms. The highest BCUT2D eigenvalue weighted by atomic mass is 16.5. The second kappa shape index (κ2) is 5.02. The maximum atomic E-state index is 9.14. The fraction of sp³-hybridized carbons (Fsp3) is 0.615. The predicted molar refractivity (Wildman–Crippen MR) is 67.0 cm³/mol. The van der Waals surface area contributed by atoms with E-state index in [1.165, 1.54) is 0 Å². The van der Waals surface area contributed by atoms with Crippen molar-refractivity contribution in [2.45, 2.75) is 32.0 Å². The van der Waals surface area contributed by atoms with Crippen LogP contribution in [0.25, 0.3) is 0 Å². The molecule has 1 atom stereocenters. The number of rotatable bonds is 3. The van der Waals surface area contributed by atoms with Gasteiger partial charge in [0.1, 0.15) is 5.82 Å². The van der Waals surface area contributed by atoms with Crippen LogP contribution in [0.2, 0.25) is 0 Å². The van der Waals surface area contributed by atoms with Gasteiger partial charge in [0.15, 0.2) is 0 Å². The van der Waals surface area contributed by atoms with Crippen molar-refractivity contribution in [3.05, 3.63) is 23.9 Å². The number of anilines is 1. The molecule has 1 aliphatic heterocycles. The minimum absolute atomic E-state index is 0.0604. The van der Waals surface area contributed by atoms with Gasteiger partial charge in [-0.25, -0.2) is 4.98 Å². The SMILES string of the molecule is COC1(C)CCCN(c2cc(CO)ccn2)C1. The lowest BCUT2D eigenvalue weighted by molar-refractivity contribution is -0.00481. The first-order valence-electron chi connectivity index (χ1n) is 6.03. The van der Waals surface area contributed by atoms with Crippen LogP contribution in [-0.2, 0) is 11.3 Å². The summed E-state index contributed by atoms with van der Waals surface area (Å²) in [6.45, 7) is 4.05. The monoisotopic (exact) mass is 236 g/mol. The summed E-state index contributed by atoms with van der Waals surface area (Å²) >= 11 is 0. The summed E-state index contributed by atoms with van der Waals surface area (Å²) in [5.41, 5.74) is 0.814. The lowest BCUT2D eigenvalue weighted by Gasteiger charge is -2.40. The molecule has 1 aliphatic rings. The van der Waals surface area contributed by atoms with Crippen molar-refractivity contribution in [2.24, 2.45) is 0 Å². The number of aliphatic hydroxyl groups is 1. The molecule has 0 amide bonds. The third kappa shape index (κ3) is 2.76. The van der Waals surface area contributed by atoms with Crippen LogP contribution in [-0.4, -0.2) is 35.9 Å². The number of hydrogen-bond acceptors (Lipinski definition) is 4. The first-order chi connectivity index (χ1) is 8.17. The molecule has 0 spiro atoms. The first-order valence-corrected chi connectivity index (χ1v) is 6.03. The Morgan fingerprint density at radius 3 is 3.12 bits per heavy atom. The van der Waals surface area contributed by atoms with E-state index in [1.807, 2.05) is 12.1 Å². The average molecular weight is 236 g/mol. The third-order valence-electron chi connectivity index (χ3n) is 3.47. The van der Waals surface area contributed by atoms with Crippen molar-refractivity contribution >= 4 is 5.82 Å². The normalized spacial score (nSPS) is 25.0. The molecule has 94 valence electrons. The lowest BCUT2D eigenvalue weighted by atomic mass is 9.95. The van der Waals surface area contributed by atoms with Gasteiger partial charge in [-0.1, -0.05) is 0 Å². The van der Waals surface area contributed by atoms with Crippen LogP contribution in [0.5, 0.6) is 0 Å². The Morgan fingerprint density at radius 1 is 1.59 bits per heavy atom. The van der Waals surface area contributed by atoms with Crippen molar-refractivity contribution in [1.82, 2.24) is 4.98 Å². The summed E-state index contributed by atoms with van der Waals surface area (Å²) in [5.74, 6) is 0.930. The van der Waals surface area contributed by atoms with Gasteiger partial charge in [0.05, 0.1) is 12.2 Å². The number of nitrogens with zero attached hydrogens (tertiary/aromatic N) is 2. The molecular weight excluding hydrogens is 216 g/mol. The topological polar surface area (TPSA) is 45.6 Å². The van der Waals surface area contributed by atoms with Gasteiger partial charge in [-0.3, -0.25) is 0 Å². The van der Waals surface area contributed by atoms with E-state index >= 15 is 0 Å². The molecule has 4 heteroatoms. The van der Waals surface area contributed by atoms with Gasteiger partial charge in [-0.15, -0.1) is 0 Å². The summed E-state index contributed by atoms with van der Waals surface area (Å²) in [6.07, 6.45) is 3.94. The molecule has 1 N–H and O–H groups in total. The van der Waals surface area contributed by atoms with Crippen LogP contribution in [0.1, 0.15) is 25.3 Å². The zero-order valence-corrected chi connectivity index (χ0v) is 10.5. The summed E-state index contributed by atoms with van der Waals surface area (Å²) < 4.78 is 5.57. The number of hydrogen-bond donors (Lipinski definition) is 1. The first kappa shape index (κ1) is 12.3. The number of methoxy groups -OCH3 is 1. The smallest absolute Gasteiger partial charge is 0.128 e. The maximum absolute atomic E-state index is 9.14. The molecule has 1 aromatic rings. The summed E-state index contributed by atoms with van der Waals surface area (Å²) in [7, 11) is 1.76. The fourth-order valence-corrected chi connectivity index (χ4v) is 2.30. The molecule has 1 aromatic heterocycles. The van der Waals surface area contributed by atoms with Crippen LogP contribution in [0.4, 0.5) is 5.82 Å². The molecule has 1 fully saturated rings.